The van der Waals surface area contributed by atoms with E-state index in [1.54, 1.807) is 0 Å². The molecule has 2 saturated heterocycles. The number of hydrogen-bond donors (Lipinski definition) is 1. The largest absolute Gasteiger partial charge is 0.334 e. The van der Waals surface area contributed by atoms with E-state index in [1.165, 1.54) is 0 Å². The van der Waals surface area contributed by atoms with Crippen LogP contribution in [0.4, 0.5) is 0 Å². The molecule has 1 atom stereocenters. The number of aromatic nitrogens is 2. The lowest BCUT2D eigenvalue weighted by molar-refractivity contribution is 0.0680. The summed E-state index contributed by atoms with van der Waals surface area (Å²) in [5.74, 6) is 0.147. The molecule has 1 N–H and O–H groups in total. The number of carbonyl (C=O) groups is 1. The number of nitrogens with one attached hydrogen (secondary N) is 1. The monoisotopic (exact) mass is 454 g/mol. The molecule has 2 aliphatic heterocycles. The third-order valence-electron chi connectivity index (χ3n) is 7.65. The second-order valence-electron chi connectivity index (χ2n) is 9.71. The molecule has 1 aromatic heterocycles. The molecule has 174 valence electrons. The molecule has 0 bridgehead atoms. The van der Waals surface area contributed by atoms with E-state index in [-0.39, 0.29) is 23.7 Å². The number of para-hydroxylation sites is 2. The summed E-state index contributed by atoms with van der Waals surface area (Å²) in [4.78, 5) is 33.5. The second-order valence-corrected chi connectivity index (χ2v) is 9.71. The van der Waals surface area contributed by atoms with Gasteiger partial charge >= 0.3 is 5.69 Å². The number of aromatic amines is 1. The average molecular weight is 455 g/mol. The number of rotatable bonds is 4. The van der Waals surface area contributed by atoms with Crippen LogP contribution < -0.4 is 5.69 Å². The van der Waals surface area contributed by atoms with Crippen molar-refractivity contribution in [3.05, 3.63) is 82.8 Å². The lowest BCUT2D eigenvalue weighted by atomic mass is 10.0. The van der Waals surface area contributed by atoms with Gasteiger partial charge in [-0.1, -0.05) is 42.5 Å². The molecule has 4 aromatic rings. The number of benzene rings is 3. The first-order chi connectivity index (χ1) is 16.7. The minimum atomic E-state index is -0.0115. The molecule has 2 fully saturated rings. The molecule has 0 radical (unpaired) electrons. The smallest absolute Gasteiger partial charge is 0.326 e. The van der Waals surface area contributed by atoms with Gasteiger partial charge in [-0.05, 0) is 60.7 Å². The maximum absolute atomic E-state index is 13.4. The highest BCUT2D eigenvalue weighted by Crippen LogP contribution is 2.28. The van der Waals surface area contributed by atoms with Gasteiger partial charge in [0.05, 0.1) is 11.0 Å². The Morgan fingerprint density at radius 1 is 0.882 bits per heavy atom. The Bertz CT molecular complexity index is 1400. The van der Waals surface area contributed by atoms with Gasteiger partial charge < -0.3 is 14.8 Å². The number of fused-ring (bicyclic) bond motifs is 2. The number of nitrogens with zero attached hydrogens (tertiary/aromatic N) is 3. The molecule has 1 unspecified atom stereocenters. The Balaban J connectivity index is 1.12. The molecular weight excluding hydrogens is 424 g/mol. The third kappa shape index (κ3) is 3.82. The quantitative estimate of drug-likeness (QED) is 0.496. The fraction of sp³-hybridized carbons (Fsp3) is 0.357. The summed E-state index contributed by atoms with van der Waals surface area (Å²) < 4.78 is 1.94. The predicted molar refractivity (Wildman–Crippen MR) is 135 cm³/mol. The van der Waals surface area contributed by atoms with Crippen LogP contribution in [-0.4, -0.2) is 57.5 Å². The summed E-state index contributed by atoms with van der Waals surface area (Å²) >= 11 is 0. The Morgan fingerprint density at radius 3 is 2.50 bits per heavy atom. The zero-order valence-corrected chi connectivity index (χ0v) is 19.3. The normalized spacial score (nSPS) is 19.9. The van der Waals surface area contributed by atoms with Gasteiger partial charge in [0.15, 0.2) is 0 Å². The van der Waals surface area contributed by atoms with Crippen molar-refractivity contribution in [1.82, 2.24) is 19.4 Å². The van der Waals surface area contributed by atoms with Gasteiger partial charge in [0, 0.05) is 43.8 Å². The van der Waals surface area contributed by atoms with Crippen molar-refractivity contribution in [3.8, 4) is 0 Å². The number of amides is 1. The van der Waals surface area contributed by atoms with Crippen molar-refractivity contribution in [3.63, 3.8) is 0 Å². The van der Waals surface area contributed by atoms with E-state index >= 15 is 0 Å². The van der Waals surface area contributed by atoms with E-state index in [9.17, 15) is 9.59 Å². The Hall–Kier alpha value is -3.38. The summed E-state index contributed by atoms with van der Waals surface area (Å²) in [7, 11) is 0. The molecule has 6 heteroatoms. The maximum Gasteiger partial charge on any atom is 0.326 e. The number of H-pyrrole nitrogens is 1. The van der Waals surface area contributed by atoms with Crippen LogP contribution in [0.15, 0.2) is 71.5 Å². The van der Waals surface area contributed by atoms with Crippen LogP contribution in [0.25, 0.3) is 21.8 Å². The van der Waals surface area contributed by atoms with Gasteiger partial charge in [0.2, 0.25) is 0 Å². The van der Waals surface area contributed by atoms with Crippen molar-refractivity contribution in [1.29, 1.82) is 0 Å². The summed E-state index contributed by atoms with van der Waals surface area (Å²) in [6.45, 7) is 3.64. The van der Waals surface area contributed by atoms with Crippen molar-refractivity contribution in [2.45, 2.75) is 37.8 Å². The van der Waals surface area contributed by atoms with Crippen LogP contribution in [0.2, 0.25) is 0 Å². The number of likely N-dealkylation sites (tertiary alicyclic amines) is 2. The first-order valence-corrected chi connectivity index (χ1v) is 12.4. The lowest BCUT2D eigenvalue weighted by Crippen LogP contribution is -2.46. The van der Waals surface area contributed by atoms with Crippen molar-refractivity contribution in [2.24, 2.45) is 0 Å². The van der Waals surface area contributed by atoms with Gasteiger partial charge in [-0.3, -0.25) is 9.36 Å². The average Bonchev–Trinajstić information content (AvgIpc) is 3.47. The summed E-state index contributed by atoms with van der Waals surface area (Å²) in [6, 6.07) is 22.6. The third-order valence-corrected chi connectivity index (χ3v) is 7.65. The van der Waals surface area contributed by atoms with Crippen LogP contribution in [0, 0.1) is 0 Å². The van der Waals surface area contributed by atoms with Gasteiger partial charge in [-0.25, -0.2) is 4.79 Å². The SMILES string of the molecule is O=C(c1ccc2ccccc2c1)N1CCCC1CN1CCC(n2c(=O)[nH]c3ccccc32)CC1. The number of piperidine rings is 1. The highest BCUT2D eigenvalue weighted by atomic mass is 16.2. The van der Waals surface area contributed by atoms with Crippen molar-refractivity contribution in [2.75, 3.05) is 26.2 Å². The first kappa shape index (κ1) is 21.2. The summed E-state index contributed by atoms with van der Waals surface area (Å²) in [6.07, 6.45) is 4.02. The Kier molecular flexibility index (Phi) is 5.46. The van der Waals surface area contributed by atoms with Gasteiger partial charge in [-0.15, -0.1) is 0 Å². The van der Waals surface area contributed by atoms with Crippen molar-refractivity contribution >= 4 is 27.7 Å². The molecule has 0 aliphatic carbocycles. The fourth-order valence-corrected chi connectivity index (χ4v) is 5.88. The predicted octanol–water partition coefficient (Wildman–Crippen LogP) is 4.42. The molecule has 34 heavy (non-hydrogen) atoms. The van der Waals surface area contributed by atoms with E-state index in [0.717, 1.165) is 79.2 Å². The van der Waals surface area contributed by atoms with E-state index in [0.29, 0.717) is 0 Å². The van der Waals surface area contributed by atoms with E-state index in [4.69, 9.17) is 0 Å². The molecule has 3 heterocycles. The Labute approximate surface area is 198 Å². The molecule has 3 aromatic carbocycles. The minimum Gasteiger partial charge on any atom is -0.334 e. The Morgan fingerprint density at radius 2 is 1.65 bits per heavy atom. The fourth-order valence-electron chi connectivity index (χ4n) is 5.88. The topological polar surface area (TPSA) is 61.3 Å². The number of hydrogen-bond acceptors (Lipinski definition) is 3. The highest BCUT2D eigenvalue weighted by Gasteiger charge is 2.32. The molecule has 2 aliphatic rings. The molecule has 0 spiro atoms. The molecule has 6 rings (SSSR count). The zero-order chi connectivity index (χ0) is 23.1. The van der Waals surface area contributed by atoms with Crippen LogP contribution in [0.1, 0.15) is 42.1 Å². The number of imidazole rings is 1. The second kappa shape index (κ2) is 8.76. The van der Waals surface area contributed by atoms with Crippen LogP contribution in [0.3, 0.4) is 0 Å². The molecule has 6 nitrogen and oxygen atoms in total. The van der Waals surface area contributed by atoms with Crippen LogP contribution >= 0.6 is 0 Å². The first-order valence-electron chi connectivity index (χ1n) is 12.4. The van der Waals surface area contributed by atoms with Gasteiger partial charge in [-0.2, -0.15) is 0 Å². The lowest BCUT2D eigenvalue weighted by Gasteiger charge is -2.36. The molecule has 0 saturated carbocycles. The molecule has 1 amide bonds. The standard InChI is InChI=1S/C28H30N4O2/c33-27(22-12-11-20-6-1-2-7-21(20)18-22)31-15-5-8-24(31)19-30-16-13-23(14-17-30)32-26-10-4-3-9-25(26)29-28(32)34/h1-4,6-7,9-12,18,23-24H,5,8,13-17,19H2,(H,29,34). The number of carbonyl (C=O) groups excluding carboxylic acids is 1. The van der Waals surface area contributed by atoms with Crippen LogP contribution in [-0.2, 0) is 0 Å². The van der Waals surface area contributed by atoms with Crippen LogP contribution in [0.5, 0.6) is 0 Å². The summed E-state index contributed by atoms with van der Waals surface area (Å²) in [5, 5.41) is 2.27. The molecular formula is C28H30N4O2. The van der Waals surface area contributed by atoms with E-state index < -0.39 is 0 Å². The minimum absolute atomic E-state index is 0.0115. The van der Waals surface area contributed by atoms with E-state index in [1.807, 2.05) is 59.2 Å². The van der Waals surface area contributed by atoms with Crippen molar-refractivity contribution < 1.29 is 4.79 Å². The highest BCUT2D eigenvalue weighted by molar-refractivity contribution is 5.98. The van der Waals surface area contributed by atoms with Gasteiger partial charge in [0.1, 0.15) is 0 Å². The van der Waals surface area contributed by atoms with E-state index in [2.05, 4.69) is 26.9 Å². The zero-order valence-electron chi connectivity index (χ0n) is 19.3. The maximum atomic E-state index is 13.4. The summed E-state index contributed by atoms with van der Waals surface area (Å²) in [5.41, 5.74) is 2.67. The van der Waals surface area contributed by atoms with Gasteiger partial charge in [0.25, 0.3) is 5.91 Å².